The first-order valence-corrected chi connectivity index (χ1v) is 9.38. The first-order chi connectivity index (χ1) is 12.8. The third-order valence-electron chi connectivity index (χ3n) is 4.11. The van der Waals surface area contributed by atoms with Crippen molar-refractivity contribution >= 4 is 40.8 Å². The Morgan fingerprint density at radius 1 is 1.07 bits per heavy atom. The minimum Gasteiger partial charge on any atom is -0.481 e. The van der Waals surface area contributed by atoms with E-state index in [2.05, 4.69) is 5.32 Å². The summed E-state index contributed by atoms with van der Waals surface area (Å²) >= 11 is 12.4. The van der Waals surface area contributed by atoms with E-state index in [0.717, 1.165) is 12.8 Å². The van der Waals surface area contributed by atoms with Gasteiger partial charge >= 0.3 is 5.97 Å². The van der Waals surface area contributed by atoms with Gasteiger partial charge in [0, 0.05) is 11.6 Å². The van der Waals surface area contributed by atoms with Crippen molar-refractivity contribution in [3.63, 3.8) is 0 Å². The molecule has 0 aliphatic heterocycles. The van der Waals surface area contributed by atoms with E-state index in [-0.39, 0.29) is 34.0 Å². The van der Waals surface area contributed by atoms with Crippen molar-refractivity contribution in [2.24, 2.45) is 5.92 Å². The molecule has 0 atom stereocenters. The number of halogens is 2. The summed E-state index contributed by atoms with van der Waals surface area (Å²) in [6, 6.07) is 9.88. The second-order valence-electron chi connectivity index (χ2n) is 6.09. The summed E-state index contributed by atoms with van der Waals surface area (Å²) in [4.78, 5) is 22.9. The van der Waals surface area contributed by atoms with Crippen molar-refractivity contribution in [1.82, 2.24) is 0 Å². The highest BCUT2D eigenvalue weighted by Crippen LogP contribution is 2.37. The molecule has 5 nitrogen and oxygen atoms in total. The Bertz CT molecular complexity index is 794. The van der Waals surface area contributed by atoms with Gasteiger partial charge in [-0.1, -0.05) is 37.0 Å². The quantitative estimate of drug-likeness (QED) is 0.578. The highest BCUT2D eigenvalue weighted by atomic mass is 35.5. The molecule has 0 heterocycles. The van der Waals surface area contributed by atoms with Crippen LogP contribution in [0.4, 0.5) is 5.69 Å². The molecule has 0 saturated heterocycles. The van der Waals surface area contributed by atoms with Crippen LogP contribution in [0.2, 0.25) is 10.0 Å². The predicted molar refractivity (Wildman–Crippen MR) is 107 cm³/mol. The summed E-state index contributed by atoms with van der Waals surface area (Å²) in [5.41, 5.74) is 1.16. The Balaban J connectivity index is 2.10. The van der Waals surface area contributed by atoms with Gasteiger partial charge in [-0.2, -0.15) is 0 Å². The molecule has 144 valence electrons. The number of benzene rings is 2. The molecule has 0 spiro atoms. The second kappa shape index (κ2) is 9.62. The summed E-state index contributed by atoms with van der Waals surface area (Å²) in [6.07, 6.45) is 1.40. The van der Waals surface area contributed by atoms with E-state index in [9.17, 15) is 9.59 Å². The molecule has 2 N–H and O–H groups in total. The Morgan fingerprint density at radius 2 is 1.63 bits per heavy atom. The molecular formula is C20H21Cl2NO4. The van der Waals surface area contributed by atoms with E-state index in [0.29, 0.717) is 17.0 Å². The van der Waals surface area contributed by atoms with Crippen LogP contribution in [-0.2, 0) is 16.0 Å². The number of anilines is 1. The molecule has 0 aromatic heterocycles. The zero-order valence-electron chi connectivity index (χ0n) is 15.1. The van der Waals surface area contributed by atoms with E-state index >= 15 is 0 Å². The second-order valence-corrected chi connectivity index (χ2v) is 6.90. The van der Waals surface area contributed by atoms with Gasteiger partial charge in [-0.3, -0.25) is 9.59 Å². The molecule has 2 aromatic rings. The maximum absolute atomic E-state index is 12.1. The van der Waals surface area contributed by atoms with Gasteiger partial charge in [-0.15, -0.1) is 0 Å². The fourth-order valence-electron chi connectivity index (χ4n) is 2.61. The van der Waals surface area contributed by atoms with Crippen LogP contribution < -0.4 is 10.1 Å². The van der Waals surface area contributed by atoms with Crippen molar-refractivity contribution in [1.29, 1.82) is 0 Å². The van der Waals surface area contributed by atoms with Crippen LogP contribution in [0.1, 0.15) is 32.3 Å². The van der Waals surface area contributed by atoms with Gasteiger partial charge in [-0.05, 0) is 54.8 Å². The molecule has 27 heavy (non-hydrogen) atoms. The van der Waals surface area contributed by atoms with E-state index in [1.165, 1.54) is 12.1 Å². The highest BCUT2D eigenvalue weighted by molar-refractivity contribution is 6.37. The van der Waals surface area contributed by atoms with Gasteiger partial charge in [0.15, 0.2) is 5.75 Å². The van der Waals surface area contributed by atoms with Gasteiger partial charge in [0.1, 0.15) is 5.75 Å². The molecule has 0 aliphatic carbocycles. The predicted octanol–water partition coefficient (Wildman–Crippen LogP) is 5.79. The maximum Gasteiger partial charge on any atom is 0.307 e. The lowest BCUT2D eigenvalue weighted by molar-refractivity contribution is -0.136. The number of ether oxygens (including phenoxy) is 1. The van der Waals surface area contributed by atoms with E-state index in [1.807, 2.05) is 13.8 Å². The molecule has 0 bridgehead atoms. The lowest BCUT2D eigenvalue weighted by Gasteiger charge is -2.14. The first kappa shape index (κ1) is 21.1. The Labute approximate surface area is 168 Å². The standard InChI is InChI=1S/C20H21Cl2NO4/c1-3-13(4-2)20(26)23-14-5-7-15(8-6-14)27-19-16(21)9-12(10-17(19)22)11-18(24)25/h5-10,13H,3-4,11H2,1-2H3,(H,23,26)(H,24,25). The number of hydrogen-bond acceptors (Lipinski definition) is 3. The van der Waals surface area contributed by atoms with Gasteiger partial charge < -0.3 is 15.2 Å². The zero-order valence-corrected chi connectivity index (χ0v) is 16.6. The summed E-state index contributed by atoms with van der Waals surface area (Å²) in [7, 11) is 0. The third kappa shape index (κ3) is 5.88. The summed E-state index contributed by atoms with van der Waals surface area (Å²) < 4.78 is 5.73. The van der Waals surface area contributed by atoms with Crippen molar-refractivity contribution in [2.75, 3.05) is 5.32 Å². The number of aliphatic carboxylic acids is 1. The molecular weight excluding hydrogens is 389 g/mol. The van der Waals surface area contributed by atoms with Crippen molar-refractivity contribution < 1.29 is 19.4 Å². The number of rotatable bonds is 8. The number of amides is 1. The molecule has 1 amide bonds. The maximum atomic E-state index is 12.1. The highest BCUT2D eigenvalue weighted by Gasteiger charge is 2.15. The number of carboxylic acids is 1. The molecule has 0 fully saturated rings. The van der Waals surface area contributed by atoms with Crippen LogP contribution in [0.3, 0.4) is 0 Å². The average molecular weight is 410 g/mol. The number of carbonyl (C=O) groups excluding carboxylic acids is 1. The third-order valence-corrected chi connectivity index (χ3v) is 4.67. The average Bonchev–Trinajstić information content (AvgIpc) is 2.60. The fourth-order valence-corrected chi connectivity index (χ4v) is 3.22. The zero-order chi connectivity index (χ0) is 20.0. The summed E-state index contributed by atoms with van der Waals surface area (Å²) in [6.45, 7) is 3.97. The molecule has 2 rings (SSSR count). The summed E-state index contributed by atoms with van der Waals surface area (Å²) in [5, 5.41) is 12.2. The Morgan fingerprint density at radius 3 is 2.11 bits per heavy atom. The van der Waals surface area contributed by atoms with Crippen LogP contribution in [0.15, 0.2) is 36.4 Å². The monoisotopic (exact) mass is 409 g/mol. The van der Waals surface area contributed by atoms with Gasteiger partial charge in [0.25, 0.3) is 0 Å². The molecule has 0 unspecified atom stereocenters. The summed E-state index contributed by atoms with van der Waals surface area (Å²) in [5.74, 6) is -0.245. The van der Waals surface area contributed by atoms with Crippen molar-refractivity contribution in [3.05, 3.63) is 52.0 Å². The normalized spacial score (nSPS) is 10.7. The van der Waals surface area contributed by atoms with Gasteiger partial charge in [-0.25, -0.2) is 0 Å². The molecule has 2 aromatic carbocycles. The number of hydrogen-bond donors (Lipinski definition) is 2. The minimum absolute atomic E-state index is 0.00576. The van der Waals surface area contributed by atoms with Crippen LogP contribution >= 0.6 is 23.2 Å². The minimum atomic E-state index is -0.971. The van der Waals surface area contributed by atoms with E-state index in [1.54, 1.807) is 24.3 Å². The number of carbonyl (C=O) groups is 2. The molecule has 7 heteroatoms. The first-order valence-electron chi connectivity index (χ1n) is 8.62. The molecule has 0 aliphatic rings. The van der Waals surface area contributed by atoms with E-state index in [4.69, 9.17) is 33.0 Å². The number of carboxylic acid groups (broad SMARTS) is 1. The van der Waals surface area contributed by atoms with Crippen LogP contribution in [0, 0.1) is 5.92 Å². The largest absolute Gasteiger partial charge is 0.481 e. The molecule has 0 radical (unpaired) electrons. The van der Waals surface area contributed by atoms with Crippen molar-refractivity contribution in [3.8, 4) is 11.5 Å². The van der Waals surface area contributed by atoms with Gasteiger partial charge in [0.2, 0.25) is 5.91 Å². The Kier molecular flexibility index (Phi) is 7.51. The lowest BCUT2D eigenvalue weighted by atomic mass is 10.0. The van der Waals surface area contributed by atoms with Crippen molar-refractivity contribution in [2.45, 2.75) is 33.1 Å². The molecule has 0 saturated carbocycles. The van der Waals surface area contributed by atoms with Crippen LogP contribution in [-0.4, -0.2) is 17.0 Å². The van der Waals surface area contributed by atoms with Gasteiger partial charge in [0.05, 0.1) is 16.5 Å². The van der Waals surface area contributed by atoms with Crippen LogP contribution in [0.5, 0.6) is 11.5 Å². The Hall–Kier alpha value is -2.24. The SMILES string of the molecule is CCC(CC)C(=O)Nc1ccc(Oc2c(Cl)cc(CC(=O)O)cc2Cl)cc1. The van der Waals surface area contributed by atoms with Crippen LogP contribution in [0.25, 0.3) is 0 Å². The topological polar surface area (TPSA) is 75.6 Å². The number of nitrogens with one attached hydrogen (secondary N) is 1. The van der Waals surface area contributed by atoms with E-state index < -0.39 is 5.97 Å². The smallest absolute Gasteiger partial charge is 0.307 e. The fraction of sp³-hybridized carbons (Fsp3) is 0.300. The lowest BCUT2D eigenvalue weighted by Crippen LogP contribution is -2.21.